The number of ether oxygens (including phenoxy) is 1. The first kappa shape index (κ1) is 14.9. The molecule has 0 aliphatic carbocycles. The van der Waals surface area contributed by atoms with E-state index in [9.17, 15) is 13.2 Å². The van der Waals surface area contributed by atoms with Crippen molar-refractivity contribution in [3.8, 4) is 5.75 Å². The lowest BCUT2D eigenvalue weighted by Gasteiger charge is -2.13. The molecule has 1 nitrogen and oxygen atoms in total. The third-order valence-corrected chi connectivity index (χ3v) is 3.69. The van der Waals surface area contributed by atoms with Crippen molar-refractivity contribution < 1.29 is 17.9 Å². The number of hydrogen-bond donors (Lipinski definition) is 0. The molecule has 0 radical (unpaired) electrons. The predicted octanol–water partition coefficient (Wildman–Crippen LogP) is 4.79. The summed E-state index contributed by atoms with van der Waals surface area (Å²) in [5, 5.41) is 0. The Balaban J connectivity index is 2.26. The van der Waals surface area contributed by atoms with Crippen molar-refractivity contribution in [3.05, 3.63) is 65.0 Å². The molecule has 1 atom stereocenters. The molecule has 0 spiro atoms. The SMILES string of the molecule is COc1cccc(CC(Br)c2c(F)cc(F)cc2F)c1. The Morgan fingerprint density at radius 2 is 1.75 bits per heavy atom. The molecular formula is C15H12BrF3O. The van der Waals surface area contributed by atoms with Crippen LogP contribution in [0, 0.1) is 17.5 Å². The zero-order valence-corrected chi connectivity index (χ0v) is 12.3. The molecule has 0 heterocycles. The van der Waals surface area contributed by atoms with E-state index in [4.69, 9.17) is 4.74 Å². The Bertz CT molecular complexity index is 593. The van der Waals surface area contributed by atoms with Crippen molar-refractivity contribution in [1.82, 2.24) is 0 Å². The number of rotatable bonds is 4. The molecular weight excluding hydrogens is 333 g/mol. The van der Waals surface area contributed by atoms with Gasteiger partial charge in [0, 0.05) is 22.5 Å². The fourth-order valence-corrected chi connectivity index (χ4v) is 2.77. The van der Waals surface area contributed by atoms with Crippen LogP contribution in [0.2, 0.25) is 0 Å². The molecule has 0 saturated heterocycles. The maximum Gasteiger partial charge on any atom is 0.133 e. The molecule has 106 valence electrons. The average Bonchev–Trinajstić information content (AvgIpc) is 2.37. The smallest absolute Gasteiger partial charge is 0.133 e. The first-order valence-corrected chi connectivity index (χ1v) is 6.84. The molecule has 2 aromatic carbocycles. The molecule has 0 bridgehead atoms. The Morgan fingerprint density at radius 3 is 2.35 bits per heavy atom. The van der Waals surface area contributed by atoms with E-state index in [1.165, 1.54) is 0 Å². The molecule has 2 rings (SSSR count). The highest BCUT2D eigenvalue weighted by Crippen LogP contribution is 2.32. The average molecular weight is 345 g/mol. The molecule has 0 saturated carbocycles. The van der Waals surface area contributed by atoms with Gasteiger partial charge in [0.15, 0.2) is 0 Å². The summed E-state index contributed by atoms with van der Waals surface area (Å²) in [4.78, 5) is -0.588. The lowest BCUT2D eigenvalue weighted by Crippen LogP contribution is -2.03. The van der Waals surface area contributed by atoms with Crippen molar-refractivity contribution in [2.75, 3.05) is 7.11 Å². The van der Waals surface area contributed by atoms with E-state index in [-0.39, 0.29) is 5.56 Å². The van der Waals surface area contributed by atoms with Gasteiger partial charge in [-0.25, -0.2) is 13.2 Å². The summed E-state index contributed by atoms with van der Waals surface area (Å²) in [6.45, 7) is 0. The van der Waals surface area contributed by atoms with Crippen LogP contribution in [0.15, 0.2) is 36.4 Å². The second kappa shape index (κ2) is 6.31. The van der Waals surface area contributed by atoms with Gasteiger partial charge in [-0.1, -0.05) is 28.1 Å². The summed E-state index contributed by atoms with van der Waals surface area (Å²) in [5.41, 5.74) is 0.684. The predicted molar refractivity (Wildman–Crippen MR) is 74.7 cm³/mol. The fraction of sp³-hybridized carbons (Fsp3) is 0.200. The van der Waals surface area contributed by atoms with E-state index in [1.807, 2.05) is 6.07 Å². The Morgan fingerprint density at radius 1 is 1.10 bits per heavy atom. The van der Waals surface area contributed by atoms with Crippen LogP contribution in [0.25, 0.3) is 0 Å². The van der Waals surface area contributed by atoms with Gasteiger partial charge in [0.25, 0.3) is 0 Å². The molecule has 0 N–H and O–H groups in total. The second-order valence-electron chi connectivity index (χ2n) is 4.31. The topological polar surface area (TPSA) is 9.23 Å². The number of halogens is 4. The zero-order valence-electron chi connectivity index (χ0n) is 10.7. The van der Waals surface area contributed by atoms with Gasteiger partial charge in [-0.2, -0.15) is 0 Å². The van der Waals surface area contributed by atoms with Crippen molar-refractivity contribution in [2.24, 2.45) is 0 Å². The summed E-state index contributed by atoms with van der Waals surface area (Å²) in [6.07, 6.45) is 0.358. The van der Waals surface area contributed by atoms with E-state index in [2.05, 4.69) is 15.9 Å². The van der Waals surface area contributed by atoms with Crippen molar-refractivity contribution in [1.29, 1.82) is 0 Å². The van der Waals surface area contributed by atoms with Gasteiger partial charge in [-0.05, 0) is 24.1 Å². The van der Waals surface area contributed by atoms with Crippen LogP contribution in [-0.2, 0) is 6.42 Å². The van der Waals surface area contributed by atoms with Crippen LogP contribution in [0.4, 0.5) is 13.2 Å². The molecule has 2 aromatic rings. The highest BCUT2D eigenvalue weighted by atomic mass is 79.9. The highest BCUT2D eigenvalue weighted by Gasteiger charge is 2.19. The van der Waals surface area contributed by atoms with Gasteiger partial charge in [-0.15, -0.1) is 0 Å². The Kier molecular flexibility index (Phi) is 4.70. The molecule has 0 aliphatic heterocycles. The van der Waals surface area contributed by atoms with Crippen LogP contribution >= 0.6 is 15.9 Å². The van der Waals surface area contributed by atoms with Crippen LogP contribution < -0.4 is 4.74 Å². The third kappa shape index (κ3) is 3.33. The van der Waals surface area contributed by atoms with Gasteiger partial charge in [-0.3, -0.25) is 0 Å². The quantitative estimate of drug-likeness (QED) is 0.724. The van der Waals surface area contributed by atoms with Crippen LogP contribution in [0.3, 0.4) is 0 Å². The minimum atomic E-state index is -0.926. The van der Waals surface area contributed by atoms with Crippen LogP contribution in [0.5, 0.6) is 5.75 Å². The first-order chi connectivity index (χ1) is 9.51. The molecule has 5 heteroatoms. The third-order valence-electron chi connectivity index (χ3n) is 2.91. The molecule has 0 amide bonds. The summed E-state index contributed by atoms with van der Waals surface area (Å²) in [6, 6.07) is 8.55. The van der Waals surface area contributed by atoms with Crippen molar-refractivity contribution >= 4 is 15.9 Å². The first-order valence-electron chi connectivity index (χ1n) is 5.92. The zero-order chi connectivity index (χ0) is 14.7. The van der Waals surface area contributed by atoms with E-state index in [0.717, 1.165) is 5.56 Å². The van der Waals surface area contributed by atoms with Crippen molar-refractivity contribution in [3.63, 3.8) is 0 Å². The minimum absolute atomic E-state index is 0.172. The molecule has 20 heavy (non-hydrogen) atoms. The molecule has 0 aliphatic rings. The number of alkyl halides is 1. The normalized spacial score (nSPS) is 12.2. The lowest BCUT2D eigenvalue weighted by molar-refractivity contribution is 0.414. The van der Waals surface area contributed by atoms with E-state index in [1.54, 1.807) is 25.3 Å². The number of benzene rings is 2. The monoisotopic (exact) mass is 344 g/mol. The standard InChI is InChI=1S/C15H12BrF3O/c1-20-11-4-2-3-9(5-11)6-12(16)15-13(18)7-10(17)8-14(15)19/h2-5,7-8,12H,6H2,1H3. The summed E-state index contributed by atoms with van der Waals surface area (Å²) >= 11 is 3.25. The van der Waals surface area contributed by atoms with Gasteiger partial charge in [0.1, 0.15) is 23.2 Å². The summed E-state index contributed by atoms with van der Waals surface area (Å²) in [7, 11) is 1.55. The van der Waals surface area contributed by atoms with Crippen LogP contribution in [0.1, 0.15) is 16.0 Å². The Hall–Kier alpha value is -1.49. The fourth-order valence-electron chi connectivity index (χ4n) is 1.96. The maximum atomic E-state index is 13.7. The number of hydrogen-bond acceptors (Lipinski definition) is 1. The molecule has 0 fully saturated rings. The van der Waals surface area contributed by atoms with Gasteiger partial charge in [0.2, 0.25) is 0 Å². The van der Waals surface area contributed by atoms with Gasteiger partial charge < -0.3 is 4.74 Å². The Labute approximate surface area is 123 Å². The van der Waals surface area contributed by atoms with Crippen LogP contribution in [-0.4, -0.2) is 7.11 Å². The maximum absolute atomic E-state index is 13.7. The van der Waals surface area contributed by atoms with E-state index in [0.29, 0.717) is 24.3 Å². The highest BCUT2D eigenvalue weighted by molar-refractivity contribution is 9.09. The van der Waals surface area contributed by atoms with E-state index >= 15 is 0 Å². The van der Waals surface area contributed by atoms with Gasteiger partial charge >= 0.3 is 0 Å². The lowest BCUT2D eigenvalue weighted by atomic mass is 10.0. The number of methoxy groups -OCH3 is 1. The summed E-state index contributed by atoms with van der Waals surface area (Å²) < 4.78 is 45.3. The summed E-state index contributed by atoms with van der Waals surface area (Å²) in [5.74, 6) is -2.05. The minimum Gasteiger partial charge on any atom is -0.497 e. The van der Waals surface area contributed by atoms with E-state index < -0.39 is 22.3 Å². The second-order valence-corrected chi connectivity index (χ2v) is 5.41. The molecule has 0 aromatic heterocycles. The largest absolute Gasteiger partial charge is 0.497 e. The van der Waals surface area contributed by atoms with Crippen molar-refractivity contribution in [2.45, 2.75) is 11.2 Å². The van der Waals surface area contributed by atoms with Gasteiger partial charge in [0.05, 0.1) is 7.11 Å². The molecule has 1 unspecified atom stereocenters.